The van der Waals surface area contributed by atoms with Crippen LogP contribution < -0.4 is 39.9 Å². The van der Waals surface area contributed by atoms with Crippen LogP contribution in [0.4, 0.5) is 17.1 Å². The molecule has 0 spiro atoms. The zero-order valence-electron chi connectivity index (χ0n) is 70.6. The Kier molecular flexibility index (Phi) is 74.2. The van der Waals surface area contributed by atoms with Crippen molar-refractivity contribution in [1.82, 2.24) is 0 Å². The number of aliphatic hydroxyl groups is 3. The van der Waals surface area contributed by atoms with Gasteiger partial charge in [-0.2, -0.15) is 0 Å². The number of ether oxygens (including phenoxy) is 6. The second-order valence-corrected chi connectivity index (χ2v) is 32.1. The first kappa shape index (κ1) is 127. The molecule has 0 aliphatic carbocycles. The van der Waals surface area contributed by atoms with E-state index in [-0.39, 0.29) is 101 Å². The number of anilines is 3. The maximum atomic E-state index is 12.4. The van der Waals surface area contributed by atoms with Crippen LogP contribution in [0.25, 0.3) is 12.2 Å². The van der Waals surface area contributed by atoms with Crippen molar-refractivity contribution in [3.05, 3.63) is 312 Å². The number of aliphatic carboxylic acids is 2. The van der Waals surface area contributed by atoms with Gasteiger partial charge < -0.3 is 72.5 Å². The topological polar surface area (TPSA) is 437 Å². The molecule has 8 aromatic rings. The van der Waals surface area contributed by atoms with Crippen molar-refractivity contribution < 1.29 is 131 Å². The fourth-order valence-corrected chi connectivity index (χ4v) is 9.12. The summed E-state index contributed by atoms with van der Waals surface area (Å²) >= 11 is -0.931. The maximum absolute atomic E-state index is 12.4. The molecule has 9 N–H and O–H groups in total. The molecule has 0 atom stereocenters. The minimum Gasteiger partial charge on any atom is -0.0149 e. The predicted molar refractivity (Wildman–Crippen MR) is 520 cm³/mol. The van der Waals surface area contributed by atoms with Crippen molar-refractivity contribution in [2.45, 2.75) is 129 Å². The quantitative estimate of drug-likeness (QED) is 0.00240. The summed E-state index contributed by atoms with van der Waals surface area (Å²) in [4.78, 5) is 137. The van der Waals surface area contributed by atoms with Crippen LogP contribution in [-0.2, 0) is 115 Å². The van der Waals surface area contributed by atoms with Gasteiger partial charge in [-0.25, -0.2) is 47.6 Å². The minimum atomic E-state index is -1.67. The van der Waals surface area contributed by atoms with Gasteiger partial charge in [-0.1, -0.05) is 168 Å². The van der Waals surface area contributed by atoms with Crippen LogP contribution in [0.1, 0.15) is 149 Å². The summed E-state index contributed by atoms with van der Waals surface area (Å²) in [5.41, 5.74) is 13.3. The summed E-state index contributed by atoms with van der Waals surface area (Å²) in [5.74, 6) is -4.32. The third-order valence-corrected chi connectivity index (χ3v) is 15.0. The molecule has 3 aliphatic rings. The number of hydrogen-bond acceptors (Lipinski definition) is 24. The molecule has 0 saturated heterocycles. The molecule has 11 rings (SSSR count). The standard InChI is InChI=1S/C31H27NO7.C20H20O5.C12H12O4.C11H9NO3.C7H9NO.C4H2O3.2C2H6.CH7NSi.3CH4.CH3.Cl2OS.2ClH.H4Si.Zn/c1-2-3-20-37-26-15-9-24(10-16-26)31(36)39-27-13-6-22(7-14-27)8-19-30(35)38-21-23-4-11-25(12-5-23)32-28(33)17-18-29(32)34;1-2-3-14-24-17-11-7-16(8-12-17)20(23)25-18-9-4-15(5-10-18)6-13-19(21)22;13-8-10-3-1-9(2-4-10)7-11(14)5-6-12(15)16;13-7-8-1-3-9(4-2-8)12-10(14)5-6-11(12)15;8-7-3-1-6(5-9)2-4-7;5-3-1-2-4(6)7-3;2*1-2;1-3-2;;;;;1-4(2)3;;;;/h4-19H,2-3,20-21H2,1H3;4-13H,2-3,14H2,1H3,(H,21,22);1-6,13H,7-8H2,(H,15,16);1-6,13H,7H2;1-4,9H,5,8H2;1-2H;2*1-2H3;2-3H2,1H3;3*1H4;1H3;;2*1H;1H4;/q;;;;;;;;;;;;-1;;;;;+2/p-2/b19-8+;13-6+;6-5-;;;;;;;;;;;;;;;. The van der Waals surface area contributed by atoms with E-state index in [4.69, 9.17) is 83.9 Å². The van der Waals surface area contributed by atoms with Crippen LogP contribution in [0.2, 0.25) is 6.55 Å². The number of benzene rings is 8. The molecule has 702 valence electrons. The number of allylic oxidation sites excluding steroid dienone is 1. The second-order valence-electron chi connectivity index (χ2n) is 24.1. The monoisotopic (exact) mass is 1980 g/mol. The minimum absolute atomic E-state index is 0. The summed E-state index contributed by atoms with van der Waals surface area (Å²) in [7, 11) is 17.2. The number of rotatable bonds is 27. The fraction of sp³-hybridized carbons (Fsp3) is 0.223. The number of cyclic esters (lactones) is 2. The van der Waals surface area contributed by atoms with Crippen molar-refractivity contribution >= 4 is 171 Å². The Labute approximate surface area is 794 Å². The van der Waals surface area contributed by atoms with E-state index in [1.807, 2.05) is 34.2 Å². The Morgan fingerprint density at radius 3 is 1.08 bits per heavy atom. The predicted octanol–water partition coefficient (Wildman–Crippen LogP) is 15.8. The Hall–Kier alpha value is -11.8. The number of hydrogen-bond donors (Lipinski definition) is 7. The first-order chi connectivity index (χ1) is 60.0. The zero-order chi connectivity index (χ0) is 93.4. The van der Waals surface area contributed by atoms with Gasteiger partial charge in [0.2, 0.25) is 9.23 Å². The number of nitrogen functional groups attached to an aromatic ring is 1. The number of imide groups is 2. The Balaban J connectivity index is -0.000000496. The van der Waals surface area contributed by atoms with Gasteiger partial charge >= 0.3 is 76.3 Å². The number of unbranched alkanes of at least 4 members (excludes halogenated alkanes) is 2. The number of carboxylic acids is 2. The van der Waals surface area contributed by atoms with Gasteiger partial charge in [0.05, 0.1) is 65.2 Å². The van der Waals surface area contributed by atoms with Crippen LogP contribution in [0.15, 0.2) is 255 Å². The summed E-state index contributed by atoms with van der Waals surface area (Å²) < 4.78 is 40.2. The van der Waals surface area contributed by atoms with E-state index in [9.17, 15) is 57.5 Å². The number of aliphatic hydroxyl groups excluding tert-OH is 3. The molecular weight excluding hydrogens is 1860 g/mol. The van der Waals surface area contributed by atoms with Crippen LogP contribution >= 0.6 is 40.7 Å². The molecule has 36 heteroatoms. The number of nitrogens with two attached hydrogens (primary N) is 2. The van der Waals surface area contributed by atoms with Crippen molar-refractivity contribution in [1.29, 1.82) is 0 Å². The van der Waals surface area contributed by atoms with Gasteiger partial charge in [0.15, 0.2) is 5.78 Å². The largest absolute Gasteiger partial charge is 0.0149 e. The van der Waals surface area contributed by atoms with E-state index in [0.717, 1.165) is 105 Å². The van der Waals surface area contributed by atoms with E-state index < -0.39 is 78.0 Å². The first-order valence-electron chi connectivity index (χ1n) is 38.4. The first-order valence-corrected chi connectivity index (χ1v) is 51.2. The summed E-state index contributed by atoms with van der Waals surface area (Å²) in [6.07, 6.45) is 18.6. The molecule has 3 aliphatic heterocycles. The fourth-order valence-electron chi connectivity index (χ4n) is 9.12. The smallest absolute Gasteiger partial charge is 0.0149 e. The molecule has 0 unspecified atom stereocenters. The van der Waals surface area contributed by atoms with Crippen LogP contribution in [0.5, 0.6) is 23.0 Å². The Morgan fingerprint density at radius 2 is 0.769 bits per heavy atom. The number of carbonyl (C=O) groups is 12. The molecule has 0 saturated carbocycles. The number of nitrogens with zero attached hydrogens (tertiary/aromatic N) is 2. The van der Waals surface area contributed by atoms with Gasteiger partial charge in [0.1, 0.15) is 29.6 Å². The van der Waals surface area contributed by atoms with Crippen molar-refractivity contribution in [2.75, 3.05) is 28.7 Å². The number of halogens is 4. The number of ketones is 1. The van der Waals surface area contributed by atoms with Gasteiger partial charge in [-0.3, -0.25) is 24.0 Å². The van der Waals surface area contributed by atoms with E-state index in [1.54, 1.807) is 200 Å². The van der Waals surface area contributed by atoms with Crippen molar-refractivity contribution in [3.63, 3.8) is 0 Å². The third kappa shape index (κ3) is 55.2. The zero-order valence-corrected chi connectivity index (χ0v) is 78.8. The number of amides is 4. The Bertz CT molecular complexity index is 4840. The van der Waals surface area contributed by atoms with E-state index in [1.165, 1.54) is 36.5 Å². The van der Waals surface area contributed by atoms with Gasteiger partial charge in [0, 0.05) is 88.2 Å². The van der Waals surface area contributed by atoms with E-state index in [0.29, 0.717) is 64.1 Å². The van der Waals surface area contributed by atoms with Gasteiger partial charge in [-0.05, 0) is 190 Å². The average Bonchev–Trinajstić information content (AvgIpc) is 1.69. The molecular formula is C94H117Cl4N4O24SSi2Zn-. The second kappa shape index (κ2) is 76.1. The van der Waals surface area contributed by atoms with Crippen molar-refractivity contribution in [3.8, 4) is 23.0 Å². The summed E-state index contributed by atoms with van der Waals surface area (Å²) in [6, 6.07) is 54.2. The average molecular weight is 1980 g/mol. The Morgan fingerprint density at radius 1 is 0.469 bits per heavy atom. The number of carbonyl (C=O) groups excluding carboxylic acids is 10. The molecule has 0 aromatic heterocycles. The maximum Gasteiger partial charge on any atom is -0.0149 e. The molecule has 4 amide bonds. The normalized spacial score (nSPS) is 11.2. The third-order valence-electron chi connectivity index (χ3n) is 15.0. The summed E-state index contributed by atoms with van der Waals surface area (Å²) in [5, 5.41) is 48.1. The molecule has 0 radical (unpaired) electrons. The van der Waals surface area contributed by atoms with Crippen LogP contribution in [0.3, 0.4) is 0 Å². The molecule has 3 heterocycles. The van der Waals surface area contributed by atoms with Crippen molar-refractivity contribution in [2.24, 2.45) is 5.40 Å². The molecule has 0 bridgehead atoms. The number of esters is 5. The van der Waals surface area contributed by atoms with E-state index in [2.05, 4.69) is 39.9 Å². The number of carboxylic acid groups (broad SMARTS) is 2. The molecule has 28 nitrogen and oxygen atoms in total. The van der Waals surface area contributed by atoms with Crippen LogP contribution in [-0.4, -0.2) is 135 Å². The van der Waals surface area contributed by atoms with E-state index >= 15 is 0 Å². The van der Waals surface area contributed by atoms with Gasteiger partial charge in [0.25, 0.3) is 23.6 Å². The molecule has 130 heavy (non-hydrogen) atoms. The van der Waals surface area contributed by atoms with Gasteiger partial charge in [-0.15, -0.1) is 0 Å². The summed E-state index contributed by atoms with van der Waals surface area (Å²) in [6.45, 7) is 15.5. The molecule has 0 fully saturated rings. The SMILES string of the molecule is C.C.C.CC.CC.CCCCOc1ccc(C(=O)Oc2ccc(/C=C/C(=O)O)cc2)cc1.CCCCOc1ccc(C(=O)Oc2ccc(/C=C/C(=O)OCc3ccc(N4C(=O)C=CC4=O)cc3)cc2)cc1.C[SiH2]N.Nc1ccc(CO)cc1.O=C(O)/C=C\C(=O)Cc1ccc(CO)cc1.O=C1C=CC(=O)N1c1ccc(CO)cc1.O=C1C=CC(=O)O1.O=S(Cl)Cl.[CH3-].[Cl][Zn][Cl].[SiH4]. The van der Waals surface area contributed by atoms with Crippen LogP contribution in [0, 0.1) is 7.43 Å². The molecule has 8 aromatic carbocycles.